The van der Waals surface area contributed by atoms with Crippen molar-refractivity contribution >= 4 is 12.1 Å². The fourth-order valence-electron chi connectivity index (χ4n) is 1.87. The molecule has 0 fully saturated rings. The number of imidazole rings is 1. The molecule has 0 aromatic carbocycles. The average Bonchev–Trinajstić information content (AvgIpc) is 2.73. The highest BCUT2D eigenvalue weighted by Gasteiger charge is 2.25. The first-order valence-electron chi connectivity index (χ1n) is 6.83. The molecule has 0 spiro atoms. The predicted molar refractivity (Wildman–Crippen MR) is 77.0 cm³/mol. The van der Waals surface area contributed by atoms with E-state index in [1.54, 1.807) is 33.3 Å². The molecule has 0 bridgehead atoms. The molecule has 7 nitrogen and oxygen atoms in total. The number of hydrogen-bond donors (Lipinski definition) is 2. The molecule has 0 aliphatic heterocycles. The highest BCUT2D eigenvalue weighted by molar-refractivity contribution is 5.72. The van der Waals surface area contributed by atoms with Gasteiger partial charge < -0.3 is 19.7 Å². The second-order valence-electron chi connectivity index (χ2n) is 6.12. The van der Waals surface area contributed by atoms with Crippen LogP contribution in [0.15, 0.2) is 12.5 Å². The van der Waals surface area contributed by atoms with Crippen LogP contribution < -0.4 is 5.32 Å². The third-order valence-corrected chi connectivity index (χ3v) is 2.68. The minimum absolute atomic E-state index is 0.110. The van der Waals surface area contributed by atoms with Crippen LogP contribution in [0.25, 0.3) is 0 Å². The lowest BCUT2D eigenvalue weighted by molar-refractivity contribution is -0.137. The van der Waals surface area contributed by atoms with Crippen LogP contribution in [-0.2, 0) is 9.53 Å². The Morgan fingerprint density at radius 3 is 2.52 bits per heavy atom. The SMILES string of the molecule is CC(C)n1cncc1C(CC(=O)O)NC(=O)OC(C)(C)C. The number of hydrogen-bond acceptors (Lipinski definition) is 4. The first kappa shape index (κ1) is 17.0. The van der Waals surface area contributed by atoms with Gasteiger partial charge >= 0.3 is 12.1 Å². The van der Waals surface area contributed by atoms with Crippen LogP contribution in [0, 0.1) is 0 Å². The Hall–Kier alpha value is -2.05. The molecule has 2 N–H and O–H groups in total. The van der Waals surface area contributed by atoms with E-state index in [1.807, 2.05) is 18.4 Å². The molecule has 1 unspecified atom stereocenters. The molecule has 7 heteroatoms. The fraction of sp³-hybridized carbons (Fsp3) is 0.643. The zero-order chi connectivity index (χ0) is 16.2. The smallest absolute Gasteiger partial charge is 0.408 e. The summed E-state index contributed by atoms with van der Waals surface area (Å²) in [6.45, 7) is 9.15. The number of aliphatic carboxylic acids is 1. The summed E-state index contributed by atoms with van der Waals surface area (Å²) in [4.78, 5) is 26.9. The molecule has 0 radical (unpaired) electrons. The Morgan fingerprint density at radius 1 is 1.43 bits per heavy atom. The van der Waals surface area contributed by atoms with Crippen molar-refractivity contribution in [1.82, 2.24) is 14.9 Å². The summed E-state index contributed by atoms with van der Waals surface area (Å²) in [6, 6.07) is -0.582. The monoisotopic (exact) mass is 297 g/mol. The number of aromatic nitrogens is 2. The Morgan fingerprint density at radius 2 is 2.05 bits per heavy atom. The van der Waals surface area contributed by atoms with Crippen molar-refractivity contribution in [1.29, 1.82) is 0 Å². The second kappa shape index (κ2) is 6.60. The molecule has 1 atom stereocenters. The van der Waals surface area contributed by atoms with Gasteiger partial charge in [0.25, 0.3) is 0 Å². The third kappa shape index (κ3) is 5.45. The van der Waals surface area contributed by atoms with Crippen LogP contribution in [0.5, 0.6) is 0 Å². The van der Waals surface area contributed by atoms with Crippen molar-refractivity contribution in [2.45, 2.75) is 58.7 Å². The summed E-state index contributed by atoms with van der Waals surface area (Å²) in [5, 5.41) is 11.6. The van der Waals surface area contributed by atoms with E-state index in [-0.39, 0.29) is 12.5 Å². The zero-order valence-electron chi connectivity index (χ0n) is 13.1. The van der Waals surface area contributed by atoms with Gasteiger partial charge in [-0.1, -0.05) is 0 Å². The van der Waals surface area contributed by atoms with Gasteiger partial charge in [0.2, 0.25) is 0 Å². The summed E-state index contributed by atoms with van der Waals surface area (Å²) in [7, 11) is 0. The summed E-state index contributed by atoms with van der Waals surface area (Å²) in [5.41, 5.74) is -0.00543. The van der Waals surface area contributed by atoms with Crippen LogP contribution in [0.4, 0.5) is 4.79 Å². The molecule has 1 heterocycles. The summed E-state index contributed by atoms with van der Waals surface area (Å²) in [5.74, 6) is -1.01. The number of nitrogens with one attached hydrogen (secondary N) is 1. The zero-order valence-corrected chi connectivity index (χ0v) is 13.1. The van der Waals surface area contributed by atoms with E-state index in [0.29, 0.717) is 5.69 Å². The van der Waals surface area contributed by atoms with Crippen molar-refractivity contribution in [2.75, 3.05) is 0 Å². The first-order chi connectivity index (χ1) is 9.60. The maximum absolute atomic E-state index is 11.9. The number of carboxylic acids is 1. The van der Waals surface area contributed by atoms with Gasteiger partial charge in [-0.15, -0.1) is 0 Å². The largest absolute Gasteiger partial charge is 0.481 e. The number of alkyl carbamates (subject to hydrolysis) is 1. The van der Waals surface area contributed by atoms with E-state index in [4.69, 9.17) is 9.84 Å². The maximum atomic E-state index is 11.9. The van der Waals surface area contributed by atoms with Gasteiger partial charge in [0, 0.05) is 6.04 Å². The molecule has 1 rings (SSSR count). The number of amides is 1. The number of nitrogens with zero attached hydrogens (tertiary/aromatic N) is 2. The molecule has 1 aromatic rings. The van der Waals surface area contributed by atoms with Gasteiger partial charge in [-0.3, -0.25) is 4.79 Å². The standard InChI is InChI=1S/C14H23N3O4/c1-9(2)17-8-15-7-11(17)10(6-12(18)19)16-13(20)21-14(3,4)5/h7-10H,6H2,1-5H3,(H,16,20)(H,18,19). The van der Waals surface area contributed by atoms with E-state index in [2.05, 4.69) is 10.3 Å². The van der Waals surface area contributed by atoms with E-state index < -0.39 is 23.7 Å². The van der Waals surface area contributed by atoms with Gasteiger partial charge in [0.05, 0.1) is 30.7 Å². The quantitative estimate of drug-likeness (QED) is 0.871. The Labute approximate surface area is 124 Å². The highest BCUT2D eigenvalue weighted by atomic mass is 16.6. The lowest BCUT2D eigenvalue weighted by atomic mass is 10.1. The van der Waals surface area contributed by atoms with E-state index >= 15 is 0 Å². The van der Waals surface area contributed by atoms with Crippen molar-refractivity contribution in [2.24, 2.45) is 0 Å². The topological polar surface area (TPSA) is 93.5 Å². The Kier molecular flexibility index (Phi) is 5.34. The lowest BCUT2D eigenvalue weighted by Crippen LogP contribution is -2.36. The van der Waals surface area contributed by atoms with E-state index in [0.717, 1.165) is 0 Å². The molecule has 21 heavy (non-hydrogen) atoms. The molecule has 1 aromatic heterocycles. The minimum Gasteiger partial charge on any atom is -0.481 e. The molecule has 0 aliphatic rings. The van der Waals surface area contributed by atoms with Gasteiger partial charge in [0.1, 0.15) is 5.60 Å². The minimum atomic E-state index is -1.01. The summed E-state index contributed by atoms with van der Waals surface area (Å²) >= 11 is 0. The van der Waals surface area contributed by atoms with E-state index in [1.165, 1.54) is 0 Å². The molecular formula is C14H23N3O4. The number of carbonyl (C=O) groups excluding carboxylic acids is 1. The third-order valence-electron chi connectivity index (χ3n) is 2.68. The van der Waals surface area contributed by atoms with E-state index in [9.17, 15) is 9.59 Å². The lowest BCUT2D eigenvalue weighted by Gasteiger charge is -2.24. The average molecular weight is 297 g/mol. The summed E-state index contributed by atoms with van der Waals surface area (Å²) in [6.07, 6.45) is 2.29. The second-order valence-corrected chi connectivity index (χ2v) is 6.12. The van der Waals surface area contributed by atoms with Gasteiger partial charge in [-0.2, -0.15) is 0 Å². The first-order valence-corrected chi connectivity index (χ1v) is 6.83. The Balaban J connectivity index is 2.93. The summed E-state index contributed by atoms with van der Waals surface area (Å²) < 4.78 is 7.00. The normalized spacial score (nSPS) is 13.0. The predicted octanol–water partition coefficient (Wildman–Crippen LogP) is 2.50. The van der Waals surface area contributed by atoms with Crippen molar-refractivity contribution < 1.29 is 19.4 Å². The number of ether oxygens (including phenoxy) is 1. The van der Waals surface area contributed by atoms with Crippen molar-refractivity contribution in [3.8, 4) is 0 Å². The van der Waals surface area contributed by atoms with Gasteiger partial charge in [-0.05, 0) is 34.6 Å². The van der Waals surface area contributed by atoms with Crippen molar-refractivity contribution in [3.05, 3.63) is 18.2 Å². The molecule has 0 saturated heterocycles. The van der Waals surface area contributed by atoms with Crippen molar-refractivity contribution in [3.63, 3.8) is 0 Å². The molecule has 1 amide bonds. The highest BCUT2D eigenvalue weighted by Crippen LogP contribution is 2.21. The number of carbonyl (C=O) groups is 2. The molecule has 118 valence electrons. The van der Waals surface area contributed by atoms with Gasteiger partial charge in [0.15, 0.2) is 0 Å². The molecule has 0 aliphatic carbocycles. The fourth-order valence-corrected chi connectivity index (χ4v) is 1.87. The Bertz CT molecular complexity index is 503. The van der Waals surface area contributed by atoms with Gasteiger partial charge in [-0.25, -0.2) is 9.78 Å². The molecular weight excluding hydrogens is 274 g/mol. The van der Waals surface area contributed by atoms with Crippen LogP contribution in [-0.4, -0.2) is 32.3 Å². The van der Waals surface area contributed by atoms with Crippen LogP contribution in [0.3, 0.4) is 0 Å². The molecule has 0 saturated carbocycles. The number of rotatable bonds is 5. The van der Waals surface area contributed by atoms with Crippen LogP contribution in [0.2, 0.25) is 0 Å². The number of carboxylic acid groups (broad SMARTS) is 1. The van der Waals surface area contributed by atoms with Crippen LogP contribution in [0.1, 0.15) is 58.8 Å². The van der Waals surface area contributed by atoms with Crippen LogP contribution >= 0.6 is 0 Å². The maximum Gasteiger partial charge on any atom is 0.408 e.